The maximum absolute atomic E-state index is 12.8. The Hall–Kier alpha value is -3.89. The summed E-state index contributed by atoms with van der Waals surface area (Å²) in [4.78, 5) is 17.6. The van der Waals surface area contributed by atoms with Gasteiger partial charge in [-0.25, -0.2) is 4.98 Å². The van der Waals surface area contributed by atoms with Crippen molar-refractivity contribution in [2.24, 2.45) is 0 Å². The highest BCUT2D eigenvalue weighted by Gasteiger charge is 2.17. The highest BCUT2D eigenvalue weighted by Crippen LogP contribution is 2.28. The second-order valence-corrected chi connectivity index (χ2v) is 7.18. The van der Waals surface area contributed by atoms with Crippen molar-refractivity contribution in [1.29, 1.82) is 5.26 Å². The van der Waals surface area contributed by atoms with Gasteiger partial charge in [-0.05, 0) is 30.3 Å². The van der Waals surface area contributed by atoms with Gasteiger partial charge in [-0.3, -0.25) is 9.36 Å². The summed E-state index contributed by atoms with van der Waals surface area (Å²) in [7, 11) is 0. The molecule has 2 aromatic carbocycles. The third-order valence-corrected chi connectivity index (χ3v) is 5.57. The van der Waals surface area contributed by atoms with Crippen LogP contribution < -0.4 is 11.3 Å². The predicted molar refractivity (Wildman–Crippen MR) is 111 cm³/mol. The Morgan fingerprint density at radius 2 is 1.89 bits per heavy atom. The van der Waals surface area contributed by atoms with Crippen LogP contribution in [0, 0.1) is 11.3 Å². The number of benzene rings is 2. The highest BCUT2D eigenvalue weighted by atomic mass is 32.1. The average molecular weight is 383 g/mol. The first-order valence-electron chi connectivity index (χ1n) is 8.54. The molecule has 2 N–H and O–H groups in total. The minimum absolute atomic E-state index is 0.0858. The van der Waals surface area contributed by atoms with Gasteiger partial charge in [0, 0.05) is 22.7 Å². The number of thiophene rings is 1. The molecule has 0 spiro atoms. The SMILES string of the molecule is N#Cc1csc2nc(N)c(=O)n(-c3ccc4ccn(-c5ccccc5)c4c3)c12. The van der Waals surface area contributed by atoms with Crippen LogP contribution in [-0.4, -0.2) is 14.1 Å². The first kappa shape index (κ1) is 16.3. The van der Waals surface area contributed by atoms with E-state index in [2.05, 4.69) is 15.6 Å². The molecule has 3 heterocycles. The maximum atomic E-state index is 12.8. The number of hydrogen-bond acceptors (Lipinski definition) is 5. The summed E-state index contributed by atoms with van der Waals surface area (Å²) in [6.45, 7) is 0. The Morgan fingerprint density at radius 1 is 1.07 bits per heavy atom. The Balaban J connectivity index is 1.84. The van der Waals surface area contributed by atoms with Crippen LogP contribution >= 0.6 is 11.3 Å². The van der Waals surface area contributed by atoms with E-state index in [4.69, 9.17) is 5.73 Å². The normalized spacial score (nSPS) is 11.1. The van der Waals surface area contributed by atoms with Gasteiger partial charge in [0.25, 0.3) is 5.56 Å². The van der Waals surface area contributed by atoms with Crippen LogP contribution in [-0.2, 0) is 0 Å². The van der Waals surface area contributed by atoms with E-state index in [-0.39, 0.29) is 5.82 Å². The van der Waals surface area contributed by atoms with Gasteiger partial charge in [-0.1, -0.05) is 24.3 Å². The number of hydrogen-bond donors (Lipinski definition) is 1. The van der Waals surface area contributed by atoms with Gasteiger partial charge in [-0.2, -0.15) is 5.26 Å². The quantitative estimate of drug-likeness (QED) is 0.501. The predicted octanol–water partition coefficient (Wildman–Crippen LogP) is 3.84. The molecule has 0 aliphatic rings. The molecule has 134 valence electrons. The zero-order chi connectivity index (χ0) is 19.3. The van der Waals surface area contributed by atoms with E-state index in [0.29, 0.717) is 21.6 Å². The molecule has 7 heteroatoms. The summed E-state index contributed by atoms with van der Waals surface area (Å²) in [6.07, 6.45) is 1.99. The van der Waals surface area contributed by atoms with Crippen LogP contribution in [0.25, 0.3) is 32.6 Å². The number of anilines is 1. The largest absolute Gasteiger partial charge is 0.379 e. The van der Waals surface area contributed by atoms with E-state index in [1.165, 1.54) is 15.9 Å². The van der Waals surface area contributed by atoms with Gasteiger partial charge in [-0.15, -0.1) is 11.3 Å². The standard InChI is InChI=1S/C21H13N5OS/c22-11-14-12-28-20-18(14)26(21(27)19(23)24-20)16-7-6-13-8-9-25(17(13)10-16)15-4-2-1-3-5-15/h1-10,12H,(H2,23,24). The monoisotopic (exact) mass is 383 g/mol. The Morgan fingerprint density at radius 3 is 2.68 bits per heavy atom. The molecule has 3 aromatic heterocycles. The van der Waals surface area contributed by atoms with Crippen molar-refractivity contribution in [1.82, 2.24) is 14.1 Å². The van der Waals surface area contributed by atoms with Crippen molar-refractivity contribution in [3.63, 3.8) is 0 Å². The van der Waals surface area contributed by atoms with E-state index in [1.807, 2.05) is 60.8 Å². The Kier molecular flexibility index (Phi) is 3.54. The molecule has 5 aromatic rings. The van der Waals surface area contributed by atoms with Crippen LogP contribution in [0.5, 0.6) is 0 Å². The number of nitrogens with zero attached hydrogens (tertiary/aromatic N) is 4. The molecule has 0 saturated carbocycles. The van der Waals surface area contributed by atoms with Gasteiger partial charge < -0.3 is 10.3 Å². The lowest BCUT2D eigenvalue weighted by Gasteiger charge is -2.11. The molecule has 5 rings (SSSR count). The fraction of sp³-hybridized carbons (Fsp3) is 0. The zero-order valence-corrected chi connectivity index (χ0v) is 15.4. The van der Waals surface area contributed by atoms with Gasteiger partial charge in [0.15, 0.2) is 5.82 Å². The number of nitriles is 1. The number of rotatable bonds is 2. The summed E-state index contributed by atoms with van der Waals surface area (Å²) in [5.74, 6) is -0.0858. The van der Waals surface area contributed by atoms with E-state index in [9.17, 15) is 10.1 Å². The van der Waals surface area contributed by atoms with Gasteiger partial charge in [0.1, 0.15) is 16.4 Å². The first-order valence-corrected chi connectivity index (χ1v) is 9.42. The zero-order valence-electron chi connectivity index (χ0n) is 14.5. The molecule has 0 aliphatic heterocycles. The van der Waals surface area contributed by atoms with Gasteiger partial charge >= 0.3 is 0 Å². The van der Waals surface area contributed by atoms with Crippen molar-refractivity contribution < 1.29 is 0 Å². The average Bonchev–Trinajstić information content (AvgIpc) is 3.33. The Labute approximate surface area is 163 Å². The number of para-hydroxylation sites is 1. The van der Waals surface area contributed by atoms with E-state index >= 15 is 0 Å². The van der Waals surface area contributed by atoms with Crippen molar-refractivity contribution in [3.05, 3.63) is 82.1 Å². The number of fused-ring (bicyclic) bond motifs is 2. The van der Waals surface area contributed by atoms with Crippen molar-refractivity contribution >= 4 is 38.4 Å². The molecule has 28 heavy (non-hydrogen) atoms. The van der Waals surface area contributed by atoms with Gasteiger partial charge in [0.05, 0.1) is 16.8 Å². The topological polar surface area (TPSA) is 89.6 Å². The van der Waals surface area contributed by atoms with Gasteiger partial charge in [0.2, 0.25) is 0 Å². The van der Waals surface area contributed by atoms with Crippen molar-refractivity contribution in [2.75, 3.05) is 5.73 Å². The number of nitrogens with two attached hydrogens (primary N) is 1. The molecule has 0 aliphatic carbocycles. The molecule has 0 amide bonds. The van der Waals surface area contributed by atoms with E-state index < -0.39 is 5.56 Å². The van der Waals surface area contributed by atoms with Crippen LogP contribution in [0.3, 0.4) is 0 Å². The summed E-state index contributed by atoms with van der Waals surface area (Å²) in [5, 5.41) is 12.2. The molecular formula is C21H13N5OS. The van der Waals surface area contributed by atoms with Crippen LogP contribution in [0.1, 0.15) is 5.56 Å². The second kappa shape index (κ2) is 6.08. The summed E-state index contributed by atoms with van der Waals surface area (Å²) >= 11 is 1.30. The third-order valence-electron chi connectivity index (χ3n) is 4.70. The Bertz CT molecular complexity index is 1450. The minimum atomic E-state index is -0.431. The number of nitrogen functional groups attached to an aromatic ring is 1. The lowest BCUT2D eigenvalue weighted by Crippen LogP contribution is -2.23. The maximum Gasteiger partial charge on any atom is 0.298 e. The number of aromatic nitrogens is 3. The second-order valence-electron chi connectivity index (χ2n) is 6.32. The van der Waals surface area contributed by atoms with E-state index in [0.717, 1.165) is 16.6 Å². The molecule has 0 unspecified atom stereocenters. The lowest BCUT2D eigenvalue weighted by molar-refractivity contribution is 1.03. The fourth-order valence-electron chi connectivity index (χ4n) is 3.41. The molecule has 0 saturated heterocycles. The summed E-state index contributed by atoms with van der Waals surface area (Å²) < 4.78 is 3.54. The van der Waals surface area contributed by atoms with Crippen molar-refractivity contribution in [3.8, 4) is 17.4 Å². The molecular weight excluding hydrogens is 370 g/mol. The minimum Gasteiger partial charge on any atom is -0.379 e. The molecule has 0 radical (unpaired) electrons. The molecule has 0 bridgehead atoms. The van der Waals surface area contributed by atoms with Crippen LogP contribution in [0.15, 0.2) is 71.0 Å². The van der Waals surface area contributed by atoms with Crippen molar-refractivity contribution in [2.45, 2.75) is 0 Å². The highest BCUT2D eigenvalue weighted by molar-refractivity contribution is 7.16. The molecule has 0 fully saturated rings. The molecule has 6 nitrogen and oxygen atoms in total. The fourth-order valence-corrected chi connectivity index (χ4v) is 4.26. The summed E-state index contributed by atoms with van der Waals surface area (Å²) in [5.41, 5.74) is 8.94. The van der Waals surface area contributed by atoms with E-state index in [1.54, 1.807) is 5.38 Å². The molecule has 0 atom stereocenters. The van der Waals surface area contributed by atoms with Crippen LogP contribution in [0.4, 0.5) is 5.82 Å². The summed E-state index contributed by atoms with van der Waals surface area (Å²) in [6, 6.07) is 19.9. The third kappa shape index (κ3) is 2.32. The smallest absolute Gasteiger partial charge is 0.298 e. The van der Waals surface area contributed by atoms with Crippen LogP contribution in [0.2, 0.25) is 0 Å². The first-order chi connectivity index (χ1) is 13.7. The lowest BCUT2D eigenvalue weighted by atomic mass is 10.2.